The minimum absolute atomic E-state index is 0.921. The van der Waals surface area contributed by atoms with Gasteiger partial charge in [-0.25, -0.2) is 0 Å². The van der Waals surface area contributed by atoms with E-state index in [0.29, 0.717) is 0 Å². The lowest BCUT2D eigenvalue weighted by molar-refractivity contribution is 0.150. The average Bonchev–Trinajstić information content (AvgIpc) is 2.60. The van der Waals surface area contributed by atoms with Gasteiger partial charge in [-0.05, 0) is 44.7 Å². The summed E-state index contributed by atoms with van der Waals surface area (Å²) in [5.41, 5.74) is 0. The first-order valence-corrected chi connectivity index (χ1v) is 11.1. The molecule has 0 amide bonds. The number of hydrogen-bond acceptors (Lipinski definition) is 1. The topological polar surface area (TPSA) is 3.24 Å². The Balaban J connectivity index is 2.09. The lowest BCUT2D eigenvalue weighted by Crippen LogP contribution is -2.38. The molecule has 0 bridgehead atoms. The largest absolute Gasteiger partial charge is 0.300 e. The molecule has 0 atom stereocenters. The normalized spacial score (nSPS) is 16.6. The van der Waals surface area contributed by atoms with Crippen LogP contribution in [-0.4, -0.2) is 24.0 Å². The van der Waals surface area contributed by atoms with E-state index in [2.05, 4.69) is 25.7 Å². The molecule has 0 N–H and O–H groups in total. The van der Waals surface area contributed by atoms with E-state index in [-0.39, 0.29) is 0 Å². The van der Waals surface area contributed by atoms with E-state index in [1.807, 2.05) is 0 Å². The first kappa shape index (κ1) is 21.0. The molecule has 1 heteroatoms. The van der Waals surface area contributed by atoms with E-state index in [1.54, 1.807) is 0 Å². The average molecular weight is 324 g/mol. The fourth-order valence-electron chi connectivity index (χ4n) is 4.26. The molecule has 0 radical (unpaired) electrons. The SMILES string of the molecule is CCCCN(CCCCCCCC(CC)CC)C1CCCCC1. The van der Waals surface area contributed by atoms with Gasteiger partial charge in [-0.1, -0.05) is 91.4 Å². The molecule has 1 saturated carbocycles. The van der Waals surface area contributed by atoms with Gasteiger partial charge in [0.25, 0.3) is 0 Å². The molecule has 1 rings (SSSR count). The van der Waals surface area contributed by atoms with E-state index >= 15 is 0 Å². The zero-order valence-corrected chi connectivity index (χ0v) is 16.6. The molecule has 0 spiro atoms. The Hall–Kier alpha value is -0.0400. The van der Waals surface area contributed by atoms with E-state index in [4.69, 9.17) is 0 Å². The van der Waals surface area contributed by atoms with Gasteiger partial charge < -0.3 is 4.90 Å². The van der Waals surface area contributed by atoms with Gasteiger partial charge in [-0.3, -0.25) is 0 Å². The lowest BCUT2D eigenvalue weighted by atomic mass is 9.93. The third-order valence-corrected chi connectivity index (χ3v) is 6.10. The first-order chi connectivity index (χ1) is 11.3. The van der Waals surface area contributed by atoms with Gasteiger partial charge in [0.1, 0.15) is 0 Å². The van der Waals surface area contributed by atoms with Gasteiger partial charge >= 0.3 is 0 Å². The molecule has 0 aromatic heterocycles. The highest BCUT2D eigenvalue weighted by Crippen LogP contribution is 2.23. The molecule has 0 heterocycles. The van der Waals surface area contributed by atoms with Crippen LogP contribution in [0.15, 0.2) is 0 Å². The predicted molar refractivity (Wildman–Crippen MR) is 105 cm³/mol. The van der Waals surface area contributed by atoms with E-state index in [0.717, 1.165) is 12.0 Å². The van der Waals surface area contributed by atoms with E-state index in [1.165, 1.54) is 109 Å². The second kappa shape index (κ2) is 14.3. The van der Waals surface area contributed by atoms with Crippen molar-refractivity contribution in [2.75, 3.05) is 13.1 Å². The molecule has 1 aliphatic carbocycles. The van der Waals surface area contributed by atoms with Crippen LogP contribution >= 0.6 is 0 Å². The van der Waals surface area contributed by atoms with Gasteiger partial charge in [0.15, 0.2) is 0 Å². The number of rotatable bonds is 14. The summed E-state index contributed by atoms with van der Waals surface area (Å²) in [5.74, 6) is 0.992. The van der Waals surface area contributed by atoms with Crippen molar-refractivity contribution in [2.24, 2.45) is 5.92 Å². The molecule has 138 valence electrons. The minimum Gasteiger partial charge on any atom is -0.300 e. The molecule has 0 aromatic carbocycles. The fourth-order valence-corrected chi connectivity index (χ4v) is 4.26. The standard InChI is InChI=1S/C22H45N/c1-4-7-19-23(22-17-13-11-14-18-22)20-15-10-8-9-12-16-21(5-2)6-3/h21-22H,4-20H2,1-3H3. The maximum Gasteiger partial charge on any atom is 0.00952 e. The summed E-state index contributed by atoms with van der Waals surface area (Å²) in [6.07, 6.45) is 21.6. The Morgan fingerprint density at radius 3 is 2.00 bits per heavy atom. The Bertz CT molecular complexity index is 240. The predicted octanol–water partition coefficient (Wildman–Crippen LogP) is 7.20. The van der Waals surface area contributed by atoms with Crippen molar-refractivity contribution in [1.82, 2.24) is 4.90 Å². The number of nitrogens with zero attached hydrogens (tertiary/aromatic N) is 1. The van der Waals surface area contributed by atoms with Crippen LogP contribution in [0.3, 0.4) is 0 Å². The maximum atomic E-state index is 2.85. The van der Waals surface area contributed by atoms with Gasteiger partial charge in [0, 0.05) is 6.04 Å². The van der Waals surface area contributed by atoms with Crippen LogP contribution in [0.2, 0.25) is 0 Å². The maximum absolute atomic E-state index is 2.85. The smallest absolute Gasteiger partial charge is 0.00952 e. The Morgan fingerprint density at radius 1 is 0.739 bits per heavy atom. The highest BCUT2D eigenvalue weighted by atomic mass is 15.1. The van der Waals surface area contributed by atoms with E-state index < -0.39 is 0 Å². The van der Waals surface area contributed by atoms with Crippen LogP contribution in [0.25, 0.3) is 0 Å². The third-order valence-electron chi connectivity index (χ3n) is 6.10. The van der Waals surface area contributed by atoms with Crippen molar-refractivity contribution < 1.29 is 0 Å². The van der Waals surface area contributed by atoms with Gasteiger partial charge in [-0.2, -0.15) is 0 Å². The lowest BCUT2D eigenvalue weighted by Gasteiger charge is -2.34. The van der Waals surface area contributed by atoms with Crippen LogP contribution in [0.4, 0.5) is 0 Å². The molecular weight excluding hydrogens is 278 g/mol. The van der Waals surface area contributed by atoms with Crippen LogP contribution in [-0.2, 0) is 0 Å². The van der Waals surface area contributed by atoms with Crippen molar-refractivity contribution in [1.29, 1.82) is 0 Å². The zero-order chi connectivity index (χ0) is 16.8. The monoisotopic (exact) mass is 323 g/mol. The summed E-state index contributed by atoms with van der Waals surface area (Å²) in [6, 6.07) is 0.921. The van der Waals surface area contributed by atoms with Crippen LogP contribution in [0.1, 0.15) is 117 Å². The molecule has 0 aliphatic heterocycles. The zero-order valence-electron chi connectivity index (χ0n) is 16.6. The van der Waals surface area contributed by atoms with Gasteiger partial charge in [0.05, 0.1) is 0 Å². The molecule has 0 aromatic rings. The fraction of sp³-hybridized carbons (Fsp3) is 1.00. The van der Waals surface area contributed by atoms with Crippen molar-refractivity contribution in [3.63, 3.8) is 0 Å². The highest BCUT2D eigenvalue weighted by Gasteiger charge is 2.19. The van der Waals surface area contributed by atoms with Crippen LogP contribution in [0.5, 0.6) is 0 Å². The van der Waals surface area contributed by atoms with Crippen molar-refractivity contribution in [2.45, 2.75) is 123 Å². The second-order valence-corrected chi connectivity index (χ2v) is 7.92. The second-order valence-electron chi connectivity index (χ2n) is 7.92. The van der Waals surface area contributed by atoms with E-state index in [9.17, 15) is 0 Å². The van der Waals surface area contributed by atoms with Gasteiger partial charge in [-0.15, -0.1) is 0 Å². The molecule has 1 nitrogen and oxygen atoms in total. The molecule has 0 saturated heterocycles. The molecule has 0 unspecified atom stereocenters. The van der Waals surface area contributed by atoms with Crippen molar-refractivity contribution in [3.8, 4) is 0 Å². The summed E-state index contributed by atoms with van der Waals surface area (Å²) < 4.78 is 0. The molecule has 23 heavy (non-hydrogen) atoms. The Morgan fingerprint density at radius 2 is 1.35 bits per heavy atom. The molecule has 1 fully saturated rings. The highest BCUT2D eigenvalue weighted by molar-refractivity contribution is 4.75. The summed E-state index contributed by atoms with van der Waals surface area (Å²) in [6.45, 7) is 9.76. The third kappa shape index (κ3) is 9.75. The summed E-state index contributed by atoms with van der Waals surface area (Å²) in [7, 11) is 0. The summed E-state index contributed by atoms with van der Waals surface area (Å²) in [4.78, 5) is 2.85. The van der Waals surface area contributed by atoms with Crippen LogP contribution in [0, 0.1) is 5.92 Å². The Kier molecular flexibility index (Phi) is 13.1. The number of hydrogen-bond donors (Lipinski definition) is 0. The number of unbranched alkanes of at least 4 members (excludes halogenated alkanes) is 5. The Labute approximate surface area is 147 Å². The van der Waals surface area contributed by atoms with Crippen LogP contribution < -0.4 is 0 Å². The van der Waals surface area contributed by atoms with Gasteiger partial charge in [0.2, 0.25) is 0 Å². The van der Waals surface area contributed by atoms with Crippen molar-refractivity contribution >= 4 is 0 Å². The molecular formula is C22H45N. The first-order valence-electron chi connectivity index (χ1n) is 11.1. The molecule has 1 aliphatic rings. The minimum atomic E-state index is 0.921. The summed E-state index contributed by atoms with van der Waals surface area (Å²) in [5, 5.41) is 0. The van der Waals surface area contributed by atoms with Crippen molar-refractivity contribution in [3.05, 3.63) is 0 Å². The quantitative estimate of drug-likeness (QED) is 0.305. The summed E-state index contributed by atoms with van der Waals surface area (Å²) >= 11 is 0.